The fourth-order valence-corrected chi connectivity index (χ4v) is 1.74. The predicted molar refractivity (Wildman–Crippen MR) is 55.5 cm³/mol. The van der Waals surface area contributed by atoms with E-state index in [9.17, 15) is 14.8 Å². The van der Waals surface area contributed by atoms with Gasteiger partial charge in [0, 0.05) is 0 Å². The molecule has 0 bridgehead atoms. The standard InChI is InChI=1S/C6H13O8P.2H3N/c1-2(7)5-3(8)4(9)6(13-5)14-15(10,11)12;;/h2-9H,1H3,(H2,10,11,12);2*1H3/t2-,3+,4+,5-,6+;;/m0../s1. The summed E-state index contributed by atoms with van der Waals surface area (Å²) < 4.78 is 19.3. The lowest BCUT2D eigenvalue weighted by atomic mass is 10.1. The van der Waals surface area contributed by atoms with Crippen LogP contribution in [0, 0.1) is 0 Å². The second-order valence-corrected chi connectivity index (χ2v) is 4.48. The van der Waals surface area contributed by atoms with Crippen LogP contribution in [0.5, 0.6) is 0 Å². The van der Waals surface area contributed by atoms with Gasteiger partial charge in [-0.15, -0.1) is 0 Å². The number of phosphoric ester groups is 1. The zero-order valence-corrected chi connectivity index (χ0v) is 10.1. The summed E-state index contributed by atoms with van der Waals surface area (Å²) in [4.78, 5) is 16.9. The van der Waals surface area contributed by atoms with Crippen molar-refractivity contribution in [3.8, 4) is 0 Å². The first-order valence-corrected chi connectivity index (χ1v) is 5.69. The van der Waals surface area contributed by atoms with E-state index in [-0.39, 0.29) is 12.3 Å². The maximum Gasteiger partial charge on any atom is 0.472 e. The van der Waals surface area contributed by atoms with Gasteiger partial charge >= 0.3 is 7.82 Å². The summed E-state index contributed by atoms with van der Waals surface area (Å²) in [5, 5.41) is 27.7. The number of phosphoric acid groups is 1. The molecular weight excluding hydrogens is 259 g/mol. The molecule has 1 rings (SSSR count). The molecule has 106 valence electrons. The van der Waals surface area contributed by atoms with Crippen molar-refractivity contribution in [1.82, 2.24) is 12.3 Å². The maximum absolute atomic E-state index is 10.5. The van der Waals surface area contributed by atoms with Crippen LogP contribution in [-0.2, 0) is 13.8 Å². The average molecular weight is 278 g/mol. The van der Waals surface area contributed by atoms with Gasteiger partial charge in [-0.1, -0.05) is 0 Å². The molecule has 0 aromatic carbocycles. The molecule has 10 nitrogen and oxygen atoms in total. The van der Waals surface area contributed by atoms with Gasteiger partial charge in [0.25, 0.3) is 0 Å². The summed E-state index contributed by atoms with van der Waals surface area (Å²) in [6, 6.07) is 0. The van der Waals surface area contributed by atoms with Crippen LogP contribution < -0.4 is 12.3 Å². The van der Waals surface area contributed by atoms with E-state index in [2.05, 4.69) is 4.52 Å². The molecule has 1 heterocycles. The lowest BCUT2D eigenvalue weighted by Crippen LogP contribution is -2.37. The van der Waals surface area contributed by atoms with E-state index in [1.807, 2.05) is 0 Å². The van der Waals surface area contributed by atoms with E-state index in [1.165, 1.54) is 6.92 Å². The minimum Gasteiger partial charge on any atom is -0.391 e. The highest BCUT2D eigenvalue weighted by molar-refractivity contribution is 7.46. The summed E-state index contributed by atoms with van der Waals surface area (Å²) in [5.74, 6) is 0. The first-order valence-electron chi connectivity index (χ1n) is 4.16. The van der Waals surface area contributed by atoms with Gasteiger partial charge in [-0.05, 0) is 6.92 Å². The van der Waals surface area contributed by atoms with Gasteiger partial charge in [0.1, 0.15) is 18.3 Å². The Morgan fingerprint density at radius 3 is 2.00 bits per heavy atom. The van der Waals surface area contributed by atoms with E-state index in [0.717, 1.165) is 0 Å². The van der Waals surface area contributed by atoms with Crippen LogP contribution in [0.25, 0.3) is 0 Å². The molecule has 0 radical (unpaired) electrons. The Labute approximate surface area is 97.6 Å². The highest BCUT2D eigenvalue weighted by Gasteiger charge is 2.47. The number of hydrogen-bond acceptors (Lipinski definition) is 8. The number of aliphatic hydroxyl groups excluding tert-OH is 3. The van der Waals surface area contributed by atoms with Gasteiger partial charge in [-0.3, -0.25) is 4.52 Å². The van der Waals surface area contributed by atoms with Crippen LogP contribution in [0.4, 0.5) is 0 Å². The quantitative estimate of drug-likeness (QED) is 0.289. The molecule has 5 atom stereocenters. The van der Waals surface area contributed by atoms with Crippen molar-refractivity contribution in [2.24, 2.45) is 0 Å². The van der Waals surface area contributed by atoms with E-state index in [1.54, 1.807) is 0 Å². The number of aliphatic hydroxyl groups is 3. The maximum atomic E-state index is 10.5. The summed E-state index contributed by atoms with van der Waals surface area (Å²) in [7, 11) is -4.81. The molecule has 17 heavy (non-hydrogen) atoms. The Morgan fingerprint density at radius 2 is 1.71 bits per heavy atom. The van der Waals surface area contributed by atoms with Gasteiger partial charge in [0.2, 0.25) is 0 Å². The van der Waals surface area contributed by atoms with E-state index < -0.39 is 38.5 Å². The molecule has 1 aliphatic rings. The van der Waals surface area contributed by atoms with Crippen molar-refractivity contribution in [2.45, 2.75) is 37.6 Å². The average Bonchev–Trinajstić information content (AvgIpc) is 2.30. The minimum absolute atomic E-state index is 0. The zero-order chi connectivity index (χ0) is 11.8. The molecule has 0 amide bonds. The largest absolute Gasteiger partial charge is 0.472 e. The van der Waals surface area contributed by atoms with Crippen LogP contribution in [0.3, 0.4) is 0 Å². The fraction of sp³-hybridized carbons (Fsp3) is 1.00. The SMILES string of the molecule is C[C@H](O)[C@@H]1O[C@H](OP(=O)(O)O)[C@H](O)[C@H]1O.N.N. The molecule has 1 fully saturated rings. The summed E-state index contributed by atoms with van der Waals surface area (Å²) in [5.41, 5.74) is 0. The smallest absolute Gasteiger partial charge is 0.391 e. The third kappa shape index (κ3) is 4.94. The molecule has 1 aliphatic heterocycles. The summed E-state index contributed by atoms with van der Waals surface area (Å²) >= 11 is 0. The first-order chi connectivity index (χ1) is 6.72. The summed E-state index contributed by atoms with van der Waals surface area (Å²) in [6.45, 7) is 1.31. The van der Waals surface area contributed by atoms with Gasteiger partial charge in [-0.2, -0.15) is 0 Å². The zero-order valence-electron chi connectivity index (χ0n) is 9.21. The highest BCUT2D eigenvalue weighted by atomic mass is 31.2. The number of hydrogen-bond donors (Lipinski definition) is 7. The van der Waals surface area contributed by atoms with Crippen molar-refractivity contribution in [2.75, 3.05) is 0 Å². The Kier molecular flexibility index (Phi) is 7.58. The monoisotopic (exact) mass is 278 g/mol. The Balaban J connectivity index is 0. The van der Waals surface area contributed by atoms with Crippen LogP contribution in [0.1, 0.15) is 6.92 Å². The number of rotatable bonds is 3. The molecular formula is C6H19N2O8P. The molecule has 0 aromatic rings. The van der Waals surface area contributed by atoms with Crippen molar-refractivity contribution >= 4 is 7.82 Å². The topological polar surface area (TPSA) is 207 Å². The molecule has 0 aliphatic carbocycles. The van der Waals surface area contributed by atoms with Crippen LogP contribution >= 0.6 is 7.82 Å². The van der Waals surface area contributed by atoms with Crippen molar-refractivity contribution in [1.29, 1.82) is 0 Å². The normalized spacial score (nSPS) is 34.7. The Morgan fingerprint density at radius 1 is 1.24 bits per heavy atom. The third-order valence-electron chi connectivity index (χ3n) is 1.97. The third-order valence-corrected chi connectivity index (χ3v) is 2.46. The van der Waals surface area contributed by atoms with Gasteiger partial charge in [-0.25, -0.2) is 4.57 Å². The van der Waals surface area contributed by atoms with Gasteiger partial charge in [0.15, 0.2) is 6.29 Å². The van der Waals surface area contributed by atoms with Crippen LogP contribution in [-0.4, -0.2) is 55.8 Å². The Bertz CT molecular complexity index is 271. The molecule has 0 aromatic heterocycles. The summed E-state index contributed by atoms with van der Waals surface area (Å²) in [6.07, 6.45) is -6.96. The van der Waals surface area contributed by atoms with E-state index in [4.69, 9.17) is 19.6 Å². The molecule has 0 unspecified atom stereocenters. The van der Waals surface area contributed by atoms with Crippen molar-refractivity contribution in [3.05, 3.63) is 0 Å². The minimum atomic E-state index is -4.81. The van der Waals surface area contributed by atoms with Gasteiger partial charge in [0.05, 0.1) is 6.10 Å². The molecule has 0 saturated carbocycles. The second kappa shape index (κ2) is 6.71. The number of ether oxygens (including phenoxy) is 1. The molecule has 1 saturated heterocycles. The molecule has 0 spiro atoms. The lowest BCUT2D eigenvalue weighted by Gasteiger charge is -2.16. The fourth-order valence-electron chi connectivity index (χ4n) is 1.29. The molecule has 11 heteroatoms. The predicted octanol–water partition coefficient (Wildman–Crippen LogP) is -1.75. The van der Waals surface area contributed by atoms with Crippen LogP contribution in [0.2, 0.25) is 0 Å². The highest BCUT2D eigenvalue weighted by Crippen LogP contribution is 2.41. The van der Waals surface area contributed by atoms with Crippen LogP contribution in [0.15, 0.2) is 0 Å². The Hall–Kier alpha value is -0.130. The van der Waals surface area contributed by atoms with Gasteiger partial charge < -0.3 is 42.1 Å². The first kappa shape index (κ1) is 19.2. The van der Waals surface area contributed by atoms with Crippen molar-refractivity contribution in [3.63, 3.8) is 0 Å². The lowest BCUT2D eigenvalue weighted by molar-refractivity contribution is -0.137. The van der Waals surface area contributed by atoms with Crippen molar-refractivity contribution < 1.29 is 38.9 Å². The van der Waals surface area contributed by atoms with E-state index in [0.29, 0.717) is 0 Å². The van der Waals surface area contributed by atoms with E-state index >= 15 is 0 Å². The molecule has 11 N–H and O–H groups in total. The second-order valence-electron chi connectivity index (χ2n) is 3.29.